The Kier molecular flexibility index (Phi) is 8.18. The van der Waals surface area contributed by atoms with Crippen LogP contribution in [0.4, 0.5) is 23.7 Å². The Hall–Kier alpha value is -3.84. The lowest BCUT2D eigenvalue weighted by atomic mass is 9.84. The molecule has 10 nitrogen and oxygen atoms in total. The first kappa shape index (κ1) is 30.2. The third-order valence-corrected chi connectivity index (χ3v) is 9.04. The van der Waals surface area contributed by atoms with Gasteiger partial charge in [0.2, 0.25) is 11.8 Å². The van der Waals surface area contributed by atoms with Crippen molar-refractivity contribution >= 4 is 46.0 Å². The van der Waals surface area contributed by atoms with Crippen molar-refractivity contribution in [3.05, 3.63) is 58.2 Å². The zero-order valence-electron chi connectivity index (χ0n) is 24.1. The molecule has 1 aromatic heterocycles. The number of piperidine rings is 1. The number of nitrogens with zero attached hydrogens (tertiary/aromatic N) is 5. The lowest BCUT2D eigenvalue weighted by Gasteiger charge is -2.39. The topological polar surface area (TPSA) is 100 Å². The summed E-state index contributed by atoms with van der Waals surface area (Å²) >= 11 is 6.61. The predicted molar refractivity (Wildman–Crippen MR) is 156 cm³/mol. The number of rotatable bonds is 6. The van der Waals surface area contributed by atoms with Gasteiger partial charge < -0.3 is 24.8 Å². The van der Waals surface area contributed by atoms with Crippen molar-refractivity contribution in [1.29, 1.82) is 0 Å². The molecule has 3 aliphatic rings. The number of nitrogens with one attached hydrogen (secondary N) is 1. The SMILES string of the molecule is COCn1ncc2c3c(cc(Cl)c21)C(CC(=O)N1CCC(N2CCc4ccccc4NC2=O)CC1)C(=O)N(CC(F)(F)F)C3. The summed E-state index contributed by atoms with van der Waals surface area (Å²) < 4.78 is 47.2. The zero-order valence-corrected chi connectivity index (χ0v) is 24.8. The smallest absolute Gasteiger partial charge is 0.362 e. The molecule has 3 aliphatic heterocycles. The van der Waals surface area contributed by atoms with Crippen molar-refractivity contribution in [3.8, 4) is 0 Å². The van der Waals surface area contributed by atoms with Gasteiger partial charge >= 0.3 is 12.2 Å². The number of fused-ring (bicyclic) bond motifs is 4. The summed E-state index contributed by atoms with van der Waals surface area (Å²) in [6.07, 6.45) is -1.59. The average Bonchev–Trinajstić information content (AvgIpc) is 3.33. The monoisotopic (exact) mass is 632 g/mol. The molecule has 44 heavy (non-hydrogen) atoms. The normalized spacial score (nSPS) is 19.6. The molecular weight excluding hydrogens is 601 g/mol. The largest absolute Gasteiger partial charge is 0.406 e. The van der Waals surface area contributed by atoms with Crippen LogP contribution in [0.1, 0.15) is 41.9 Å². The summed E-state index contributed by atoms with van der Waals surface area (Å²) in [6.45, 7) is -0.345. The van der Waals surface area contributed by atoms with Gasteiger partial charge in [0.1, 0.15) is 13.3 Å². The summed E-state index contributed by atoms with van der Waals surface area (Å²) in [5, 5.41) is 8.03. The number of carbonyl (C=O) groups is 3. The third kappa shape index (κ3) is 5.82. The van der Waals surface area contributed by atoms with Gasteiger partial charge in [-0.25, -0.2) is 9.48 Å². The number of hydrogen-bond acceptors (Lipinski definition) is 5. The molecule has 234 valence electrons. The van der Waals surface area contributed by atoms with E-state index in [2.05, 4.69) is 10.4 Å². The molecule has 0 saturated carbocycles. The number of para-hydroxylation sites is 1. The highest BCUT2D eigenvalue weighted by Gasteiger charge is 2.42. The van der Waals surface area contributed by atoms with Crippen LogP contribution in [-0.4, -0.2) is 87.8 Å². The van der Waals surface area contributed by atoms with E-state index in [1.165, 1.54) is 18.0 Å². The van der Waals surface area contributed by atoms with Crippen molar-refractivity contribution in [1.82, 2.24) is 24.5 Å². The molecule has 1 atom stereocenters. The maximum absolute atomic E-state index is 13.6. The van der Waals surface area contributed by atoms with Gasteiger partial charge in [-0.1, -0.05) is 29.8 Å². The van der Waals surface area contributed by atoms with Gasteiger partial charge in [-0.05, 0) is 48.1 Å². The van der Waals surface area contributed by atoms with Gasteiger partial charge in [0.05, 0.1) is 22.7 Å². The first-order chi connectivity index (χ1) is 21.0. The number of hydrogen-bond donors (Lipinski definition) is 1. The van der Waals surface area contributed by atoms with Crippen LogP contribution in [0.25, 0.3) is 10.9 Å². The van der Waals surface area contributed by atoms with Gasteiger partial charge in [-0.2, -0.15) is 18.3 Å². The number of carbonyl (C=O) groups excluding carboxylic acids is 3. The van der Waals surface area contributed by atoms with Crippen molar-refractivity contribution in [2.24, 2.45) is 0 Å². The minimum absolute atomic E-state index is 0.0663. The third-order valence-electron chi connectivity index (χ3n) is 8.76. The van der Waals surface area contributed by atoms with Crippen LogP contribution in [0.2, 0.25) is 5.02 Å². The maximum Gasteiger partial charge on any atom is 0.406 e. The number of ether oxygens (including phenoxy) is 1. The highest BCUT2D eigenvalue weighted by molar-refractivity contribution is 6.35. The molecule has 2 aromatic carbocycles. The molecule has 1 saturated heterocycles. The van der Waals surface area contributed by atoms with E-state index in [1.54, 1.807) is 11.0 Å². The van der Waals surface area contributed by atoms with Crippen LogP contribution in [0, 0.1) is 0 Å². The second-order valence-corrected chi connectivity index (χ2v) is 11.9. The van der Waals surface area contributed by atoms with Crippen molar-refractivity contribution < 1.29 is 32.3 Å². The van der Waals surface area contributed by atoms with E-state index in [1.807, 2.05) is 29.2 Å². The number of likely N-dealkylation sites (tertiary alicyclic amines) is 1. The first-order valence-electron chi connectivity index (χ1n) is 14.5. The molecule has 0 bridgehead atoms. The van der Waals surface area contributed by atoms with Gasteiger partial charge in [0, 0.05) is 56.8 Å². The molecule has 0 spiro atoms. The first-order valence-corrected chi connectivity index (χ1v) is 14.9. The molecule has 3 aromatic rings. The fourth-order valence-electron chi connectivity index (χ4n) is 6.65. The zero-order chi connectivity index (χ0) is 31.2. The number of alkyl halides is 3. The van der Waals surface area contributed by atoms with Gasteiger partial charge in [-0.3, -0.25) is 9.59 Å². The van der Waals surface area contributed by atoms with Crippen molar-refractivity contribution in [2.75, 3.05) is 38.6 Å². The molecule has 14 heteroatoms. The fourth-order valence-corrected chi connectivity index (χ4v) is 6.97. The molecule has 0 radical (unpaired) electrons. The quantitative estimate of drug-likeness (QED) is 0.423. The summed E-state index contributed by atoms with van der Waals surface area (Å²) in [7, 11) is 1.48. The number of benzene rings is 2. The van der Waals surface area contributed by atoms with E-state index in [-0.39, 0.29) is 42.7 Å². The van der Waals surface area contributed by atoms with Crippen LogP contribution in [-0.2, 0) is 34.0 Å². The van der Waals surface area contributed by atoms with Crippen molar-refractivity contribution in [3.63, 3.8) is 0 Å². The van der Waals surface area contributed by atoms with E-state index in [9.17, 15) is 27.6 Å². The van der Waals surface area contributed by atoms with Crippen LogP contribution in [0.5, 0.6) is 0 Å². The van der Waals surface area contributed by atoms with Crippen molar-refractivity contribution in [2.45, 2.75) is 57.1 Å². The molecule has 0 aliphatic carbocycles. The number of urea groups is 1. The summed E-state index contributed by atoms with van der Waals surface area (Å²) in [4.78, 5) is 44.2. The molecule has 4 heterocycles. The Morgan fingerprint density at radius 1 is 1.16 bits per heavy atom. The Labute approximate surface area is 256 Å². The number of anilines is 1. The van der Waals surface area contributed by atoms with Gasteiger partial charge in [0.25, 0.3) is 0 Å². The number of aromatic nitrogens is 2. The van der Waals surface area contributed by atoms with E-state index in [0.29, 0.717) is 60.9 Å². The Bertz CT molecular complexity index is 1600. The minimum Gasteiger partial charge on any atom is -0.362 e. The standard InChI is InChI=1S/C30H32ClF3N6O4/c1-44-17-40-27-22(14-35-40)23-15-38(16-30(32,33)34)28(42)21(20(23)12-24(27)31)13-26(41)37-9-7-19(8-10-37)39-11-6-18-4-2-3-5-25(18)36-29(39)43/h2-5,12,14,19,21H,6-11,13,15-17H2,1H3,(H,36,43). The Morgan fingerprint density at radius 2 is 1.91 bits per heavy atom. The summed E-state index contributed by atoms with van der Waals surface area (Å²) in [6, 6.07) is 9.01. The second-order valence-electron chi connectivity index (χ2n) is 11.5. The molecule has 4 amide bonds. The van der Waals surface area contributed by atoms with Crippen LogP contribution in [0.15, 0.2) is 36.5 Å². The second kappa shape index (κ2) is 11.9. The van der Waals surface area contributed by atoms with Crippen LogP contribution >= 0.6 is 11.6 Å². The van der Waals surface area contributed by atoms with Crippen LogP contribution < -0.4 is 5.32 Å². The molecule has 6 rings (SSSR count). The number of amides is 4. The van der Waals surface area contributed by atoms with E-state index < -0.39 is 24.5 Å². The Balaban J connectivity index is 1.19. The highest BCUT2D eigenvalue weighted by atomic mass is 35.5. The number of methoxy groups -OCH3 is 1. The predicted octanol–water partition coefficient (Wildman–Crippen LogP) is 4.75. The number of halogens is 4. The molecule has 1 unspecified atom stereocenters. The lowest BCUT2D eigenvalue weighted by Crippen LogP contribution is -2.50. The molecule has 1 N–H and O–H groups in total. The molecule has 1 fully saturated rings. The summed E-state index contributed by atoms with van der Waals surface area (Å²) in [5.74, 6) is -2.23. The van der Waals surface area contributed by atoms with Gasteiger partial charge in [0.15, 0.2) is 0 Å². The average molecular weight is 633 g/mol. The van der Waals surface area contributed by atoms with E-state index in [0.717, 1.165) is 16.2 Å². The maximum atomic E-state index is 13.6. The Morgan fingerprint density at radius 3 is 2.64 bits per heavy atom. The highest BCUT2D eigenvalue weighted by Crippen LogP contribution is 2.41. The lowest BCUT2D eigenvalue weighted by molar-refractivity contribution is -0.165. The van der Waals surface area contributed by atoms with Crippen LogP contribution in [0.3, 0.4) is 0 Å². The minimum atomic E-state index is -4.61. The molecular formula is C30H32ClF3N6O4. The fraction of sp³-hybridized carbons (Fsp3) is 0.467. The van der Waals surface area contributed by atoms with E-state index in [4.69, 9.17) is 16.3 Å². The van der Waals surface area contributed by atoms with E-state index >= 15 is 0 Å². The summed E-state index contributed by atoms with van der Waals surface area (Å²) in [5.41, 5.74) is 3.28. The van der Waals surface area contributed by atoms with Gasteiger partial charge in [-0.15, -0.1) is 0 Å².